The molecule has 0 aliphatic carbocycles. The number of rotatable bonds is 4. The van der Waals surface area contributed by atoms with E-state index in [4.69, 9.17) is 5.73 Å². The summed E-state index contributed by atoms with van der Waals surface area (Å²) < 4.78 is 1.91. The van der Waals surface area contributed by atoms with Gasteiger partial charge in [0, 0.05) is 11.3 Å². The summed E-state index contributed by atoms with van der Waals surface area (Å²) in [5, 5.41) is 12.1. The van der Waals surface area contributed by atoms with E-state index < -0.39 is 0 Å². The maximum absolute atomic E-state index is 5.97. The Morgan fingerprint density at radius 3 is 2.63 bits per heavy atom. The van der Waals surface area contributed by atoms with E-state index >= 15 is 0 Å². The second-order valence-corrected chi connectivity index (χ2v) is 5.24. The summed E-state index contributed by atoms with van der Waals surface area (Å²) in [6.45, 7) is 8.51. The normalized spacial score (nSPS) is 12.9. The quantitative estimate of drug-likeness (QED) is 0.857. The molecule has 0 amide bonds. The van der Waals surface area contributed by atoms with Gasteiger partial charge in [-0.3, -0.25) is 0 Å². The number of benzene rings is 1. The SMILES string of the molecule is CCC(C(C)C)n1nnnc1-c1ccc(C)c(N)c1. The van der Waals surface area contributed by atoms with Crippen molar-refractivity contribution in [2.24, 2.45) is 5.92 Å². The topological polar surface area (TPSA) is 69.6 Å². The molecule has 2 aromatic rings. The molecule has 0 saturated carbocycles. The van der Waals surface area contributed by atoms with Crippen LogP contribution in [0.15, 0.2) is 18.2 Å². The monoisotopic (exact) mass is 259 g/mol. The predicted molar refractivity (Wildman–Crippen MR) is 76.6 cm³/mol. The largest absolute Gasteiger partial charge is 0.398 e. The smallest absolute Gasteiger partial charge is 0.182 e. The molecular weight excluding hydrogens is 238 g/mol. The fraction of sp³-hybridized carbons (Fsp3) is 0.500. The highest BCUT2D eigenvalue weighted by Crippen LogP contribution is 2.27. The van der Waals surface area contributed by atoms with E-state index in [0.29, 0.717) is 12.0 Å². The van der Waals surface area contributed by atoms with Crippen LogP contribution < -0.4 is 5.73 Å². The van der Waals surface area contributed by atoms with Crippen LogP contribution in [0.5, 0.6) is 0 Å². The average Bonchev–Trinajstić information content (AvgIpc) is 2.82. The van der Waals surface area contributed by atoms with Gasteiger partial charge in [-0.15, -0.1) is 5.10 Å². The van der Waals surface area contributed by atoms with Crippen molar-refractivity contribution in [1.82, 2.24) is 20.2 Å². The zero-order chi connectivity index (χ0) is 14.0. The molecule has 0 aliphatic heterocycles. The van der Waals surface area contributed by atoms with Gasteiger partial charge in [0.2, 0.25) is 0 Å². The molecule has 1 aromatic heterocycles. The number of hydrogen-bond donors (Lipinski definition) is 1. The van der Waals surface area contributed by atoms with Crippen molar-refractivity contribution in [1.29, 1.82) is 0 Å². The van der Waals surface area contributed by atoms with E-state index in [1.54, 1.807) is 0 Å². The Morgan fingerprint density at radius 1 is 1.32 bits per heavy atom. The first kappa shape index (κ1) is 13.5. The van der Waals surface area contributed by atoms with Crippen LogP contribution in [-0.4, -0.2) is 20.2 Å². The lowest BCUT2D eigenvalue weighted by molar-refractivity contribution is 0.333. The van der Waals surface area contributed by atoms with Crippen molar-refractivity contribution < 1.29 is 0 Å². The molecule has 5 nitrogen and oxygen atoms in total. The predicted octanol–water partition coefficient (Wildman–Crippen LogP) is 2.84. The maximum Gasteiger partial charge on any atom is 0.182 e. The molecule has 2 rings (SSSR count). The van der Waals surface area contributed by atoms with Crippen LogP contribution in [0.1, 0.15) is 38.8 Å². The number of anilines is 1. The maximum atomic E-state index is 5.97. The fourth-order valence-corrected chi connectivity index (χ4v) is 2.31. The highest BCUT2D eigenvalue weighted by molar-refractivity contribution is 5.63. The van der Waals surface area contributed by atoms with Crippen LogP contribution in [0.2, 0.25) is 0 Å². The minimum Gasteiger partial charge on any atom is -0.398 e. The summed E-state index contributed by atoms with van der Waals surface area (Å²) in [5.41, 5.74) is 8.77. The Kier molecular flexibility index (Phi) is 3.83. The molecule has 0 bridgehead atoms. The van der Waals surface area contributed by atoms with Crippen molar-refractivity contribution in [2.75, 3.05) is 5.73 Å². The molecule has 1 unspecified atom stereocenters. The highest BCUT2D eigenvalue weighted by atomic mass is 15.5. The summed E-state index contributed by atoms with van der Waals surface area (Å²) in [4.78, 5) is 0. The molecule has 0 radical (unpaired) electrons. The standard InChI is InChI=1S/C14H21N5/c1-5-13(9(2)3)19-14(16-17-18-19)11-7-6-10(4)12(15)8-11/h6-9,13H,5,15H2,1-4H3. The zero-order valence-electron chi connectivity index (χ0n) is 12.0. The second kappa shape index (κ2) is 5.38. The van der Waals surface area contributed by atoms with Crippen LogP contribution in [0.3, 0.4) is 0 Å². The van der Waals surface area contributed by atoms with Gasteiger partial charge >= 0.3 is 0 Å². The van der Waals surface area contributed by atoms with E-state index in [9.17, 15) is 0 Å². The third kappa shape index (κ3) is 2.59. The number of nitrogen functional groups attached to an aromatic ring is 1. The Balaban J connectivity index is 2.46. The summed E-state index contributed by atoms with van der Waals surface area (Å²) in [6, 6.07) is 6.25. The van der Waals surface area contributed by atoms with Crippen LogP contribution in [0, 0.1) is 12.8 Å². The lowest BCUT2D eigenvalue weighted by Crippen LogP contribution is -2.17. The summed E-state index contributed by atoms with van der Waals surface area (Å²) >= 11 is 0. The molecule has 0 aliphatic rings. The lowest BCUT2D eigenvalue weighted by Gasteiger charge is -2.20. The molecule has 1 heterocycles. The third-order valence-corrected chi connectivity index (χ3v) is 3.53. The number of nitrogens with zero attached hydrogens (tertiary/aromatic N) is 4. The molecule has 0 fully saturated rings. The second-order valence-electron chi connectivity index (χ2n) is 5.24. The number of tetrazole rings is 1. The molecule has 1 atom stereocenters. The lowest BCUT2D eigenvalue weighted by atomic mass is 10.0. The van der Waals surface area contributed by atoms with E-state index in [-0.39, 0.29) is 0 Å². The van der Waals surface area contributed by atoms with E-state index in [2.05, 4.69) is 36.3 Å². The summed E-state index contributed by atoms with van der Waals surface area (Å²) in [7, 11) is 0. The Hall–Kier alpha value is -1.91. The van der Waals surface area contributed by atoms with Crippen molar-refractivity contribution in [3.63, 3.8) is 0 Å². The number of aromatic nitrogens is 4. The van der Waals surface area contributed by atoms with Crippen molar-refractivity contribution >= 4 is 5.69 Å². The molecule has 0 spiro atoms. The number of hydrogen-bond acceptors (Lipinski definition) is 4. The Labute approximate surface area is 113 Å². The van der Waals surface area contributed by atoms with Gasteiger partial charge in [0.05, 0.1) is 6.04 Å². The van der Waals surface area contributed by atoms with Gasteiger partial charge in [0.15, 0.2) is 5.82 Å². The van der Waals surface area contributed by atoms with Gasteiger partial charge in [0.1, 0.15) is 0 Å². The van der Waals surface area contributed by atoms with Crippen LogP contribution >= 0.6 is 0 Å². The van der Waals surface area contributed by atoms with Gasteiger partial charge in [-0.1, -0.05) is 32.9 Å². The number of nitrogens with two attached hydrogens (primary N) is 1. The number of aryl methyl sites for hydroxylation is 1. The minimum atomic E-state index is 0.299. The zero-order valence-corrected chi connectivity index (χ0v) is 12.0. The van der Waals surface area contributed by atoms with E-state index in [1.807, 2.05) is 29.8 Å². The minimum absolute atomic E-state index is 0.299. The van der Waals surface area contributed by atoms with Gasteiger partial charge in [-0.05, 0) is 41.3 Å². The van der Waals surface area contributed by atoms with Crippen LogP contribution in [0.4, 0.5) is 5.69 Å². The van der Waals surface area contributed by atoms with Crippen molar-refractivity contribution in [3.8, 4) is 11.4 Å². The average molecular weight is 259 g/mol. The van der Waals surface area contributed by atoms with Crippen LogP contribution in [0.25, 0.3) is 11.4 Å². The Bertz CT molecular complexity index is 559. The first-order valence-corrected chi connectivity index (χ1v) is 6.69. The van der Waals surface area contributed by atoms with Crippen molar-refractivity contribution in [3.05, 3.63) is 23.8 Å². The molecule has 1 aromatic carbocycles. The third-order valence-electron chi connectivity index (χ3n) is 3.53. The molecule has 0 saturated heterocycles. The van der Waals surface area contributed by atoms with Gasteiger partial charge in [-0.25, -0.2) is 4.68 Å². The molecule has 5 heteroatoms. The van der Waals surface area contributed by atoms with E-state index in [0.717, 1.165) is 29.1 Å². The van der Waals surface area contributed by atoms with E-state index in [1.165, 1.54) is 0 Å². The first-order chi connectivity index (χ1) is 9.04. The molecule has 19 heavy (non-hydrogen) atoms. The molecular formula is C14H21N5. The van der Waals surface area contributed by atoms with Gasteiger partial charge in [-0.2, -0.15) is 0 Å². The highest BCUT2D eigenvalue weighted by Gasteiger charge is 2.20. The fourth-order valence-electron chi connectivity index (χ4n) is 2.31. The molecule has 102 valence electrons. The van der Waals surface area contributed by atoms with Crippen molar-refractivity contribution in [2.45, 2.75) is 40.2 Å². The van der Waals surface area contributed by atoms with Gasteiger partial charge < -0.3 is 5.73 Å². The molecule has 2 N–H and O–H groups in total. The van der Waals surface area contributed by atoms with Crippen LogP contribution in [-0.2, 0) is 0 Å². The van der Waals surface area contributed by atoms with Gasteiger partial charge in [0.25, 0.3) is 0 Å². The summed E-state index contributed by atoms with van der Waals surface area (Å²) in [5.74, 6) is 1.27. The first-order valence-electron chi connectivity index (χ1n) is 6.69. The Morgan fingerprint density at radius 2 is 2.05 bits per heavy atom. The summed E-state index contributed by atoms with van der Waals surface area (Å²) in [6.07, 6.45) is 0.997.